The van der Waals surface area contributed by atoms with E-state index in [-0.39, 0.29) is 0 Å². The molecule has 1 aromatic heterocycles. The van der Waals surface area contributed by atoms with Gasteiger partial charge in [-0.3, -0.25) is 0 Å². The van der Waals surface area contributed by atoms with Crippen LogP contribution in [0.3, 0.4) is 0 Å². The zero-order valence-electron chi connectivity index (χ0n) is 10.4. The maximum atomic E-state index is 5.93. The lowest BCUT2D eigenvalue weighted by atomic mass is 9.93. The lowest BCUT2D eigenvalue weighted by Crippen LogP contribution is -2.33. The van der Waals surface area contributed by atoms with Gasteiger partial charge in [0.2, 0.25) is 0 Å². The lowest BCUT2D eigenvalue weighted by Gasteiger charge is -2.31. The summed E-state index contributed by atoms with van der Waals surface area (Å²) in [6.07, 6.45) is 2.72. The van der Waals surface area contributed by atoms with Gasteiger partial charge in [-0.2, -0.15) is 0 Å². The van der Waals surface area contributed by atoms with Crippen LogP contribution in [0.5, 0.6) is 0 Å². The van der Waals surface area contributed by atoms with Crippen LogP contribution in [0.2, 0.25) is 0 Å². The van der Waals surface area contributed by atoms with Crippen LogP contribution in [0.15, 0.2) is 17.5 Å². The Hall–Kier alpha value is -0.420. The molecule has 0 bridgehead atoms. The van der Waals surface area contributed by atoms with E-state index in [1.54, 1.807) is 18.4 Å². The molecule has 3 nitrogen and oxygen atoms in total. The van der Waals surface area contributed by atoms with Crippen LogP contribution in [0.1, 0.15) is 23.8 Å². The first-order valence-electron chi connectivity index (χ1n) is 6.26. The Bertz CT molecular complexity index is 302. The minimum atomic E-state index is 0.291. The van der Waals surface area contributed by atoms with Crippen LogP contribution in [0.4, 0.5) is 0 Å². The van der Waals surface area contributed by atoms with E-state index in [9.17, 15) is 0 Å². The van der Waals surface area contributed by atoms with Crippen LogP contribution < -0.4 is 5.32 Å². The summed E-state index contributed by atoms with van der Waals surface area (Å²) in [6, 6.07) is 4.29. The summed E-state index contributed by atoms with van der Waals surface area (Å²) in [5, 5.41) is 5.58. The van der Waals surface area contributed by atoms with Crippen molar-refractivity contribution in [2.45, 2.75) is 18.9 Å². The van der Waals surface area contributed by atoms with Gasteiger partial charge in [-0.05, 0) is 24.3 Å². The number of thiophene rings is 1. The second-order valence-corrected chi connectivity index (χ2v) is 5.39. The highest BCUT2D eigenvalue weighted by Gasteiger charge is 2.27. The summed E-state index contributed by atoms with van der Waals surface area (Å²) < 4.78 is 11.0. The molecule has 96 valence electrons. The second-order valence-electron chi connectivity index (χ2n) is 4.41. The molecule has 1 N–H and O–H groups in total. The van der Waals surface area contributed by atoms with E-state index in [1.165, 1.54) is 17.7 Å². The van der Waals surface area contributed by atoms with Crippen molar-refractivity contribution in [2.24, 2.45) is 5.92 Å². The summed E-state index contributed by atoms with van der Waals surface area (Å²) in [5.41, 5.74) is 0. The SMILES string of the molecule is COCCNCC1CCCOC1c1cccs1. The van der Waals surface area contributed by atoms with Crippen LogP contribution in [-0.2, 0) is 9.47 Å². The van der Waals surface area contributed by atoms with Crippen molar-refractivity contribution in [2.75, 3.05) is 33.4 Å². The number of nitrogens with one attached hydrogen (secondary N) is 1. The van der Waals surface area contributed by atoms with Crippen molar-refractivity contribution in [1.82, 2.24) is 5.32 Å². The Morgan fingerprint density at radius 3 is 3.29 bits per heavy atom. The van der Waals surface area contributed by atoms with Gasteiger partial charge in [0.05, 0.1) is 12.7 Å². The van der Waals surface area contributed by atoms with Gasteiger partial charge in [0.1, 0.15) is 0 Å². The van der Waals surface area contributed by atoms with Crippen molar-refractivity contribution >= 4 is 11.3 Å². The fraction of sp³-hybridized carbons (Fsp3) is 0.692. The third kappa shape index (κ3) is 3.78. The molecule has 2 rings (SSSR count). The van der Waals surface area contributed by atoms with Gasteiger partial charge in [-0.1, -0.05) is 6.07 Å². The van der Waals surface area contributed by atoms with Gasteiger partial charge < -0.3 is 14.8 Å². The summed E-state index contributed by atoms with van der Waals surface area (Å²) >= 11 is 1.80. The lowest BCUT2D eigenvalue weighted by molar-refractivity contribution is -0.0258. The average molecular weight is 255 g/mol. The van der Waals surface area contributed by atoms with E-state index in [1.807, 2.05) is 0 Å². The molecule has 2 atom stereocenters. The minimum absolute atomic E-state index is 0.291. The number of methoxy groups -OCH3 is 1. The molecule has 0 spiro atoms. The van der Waals surface area contributed by atoms with Crippen molar-refractivity contribution in [3.63, 3.8) is 0 Å². The van der Waals surface area contributed by atoms with E-state index >= 15 is 0 Å². The first-order valence-corrected chi connectivity index (χ1v) is 7.14. The maximum absolute atomic E-state index is 5.93. The van der Waals surface area contributed by atoms with Gasteiger partial charge in [0.25, 0.3) is 0 Å². The van der Waals surface area contributed by atoms with Crippen LogP contribution in [0.25, 0.3) is 0 Å². The molecule has 0 saturated carbocycles. The molecule has 4 heteroatoms. The molecule has 2 unspecified atom stereocenters. The zero-order chi connectivity index (χ0) is 11.9. The minimum Gasteiger partial charge on any atom is -0.383 e. The summed E-state index contributed by atoms with van der Waals surface area (Å²) in [7, 11) is 1.74. The van der Waals surface area contributed by atoms with Gasteiger partial charge >= 0.3 is 0 Å². The van der Waals surface area contributed by atoms with E-state index in [4.69, 9.17) is 9.47 Å². The molecule has 1 aliphatic heterocycles. The molecular weight excluding hydrogens is 234 g/mol. The molecule has 1 fully saturated rings. The summed E-state index contributed by atoms with van der Waals surface area (Å²) in [6.45, 7) is 3.62. The Balaban J connectivity index is 1.84. The largest absolute Gasteiger partial charge is 0.383 e. The van der Waals surface area contributed by atoms with Crippen molar-refractivity contribution in [1.29, 1.82) is 0 Å². The molecule has 2 heterocycles. The molecule has 17 heavy (non-hydrogen) atoms. The smallest absolute Gasteiger partial charge is 0.0956 e. The Labute approximate surface area is 107 Å². The molecule has 0 aromatic carbocycles. The highest BCUT2D eigenvalue weighted by molar-refractivity contribution is 7.10. The highest BCUT2D eigenvalue weighted by Crippen LogP contribution is 2.35. The van der Waals surface area contributed by atoms with Gasteiger partial charge in [-0.25, -0.2) is 0 Å². The third-order valence-corrected chi connectivity index (χ3v) is 4.09. The Kier molecular flexibility index (Phi) is 5.45. The van der Waals surface area contributed by atoms with E-state index in [0.29, 0.717) is 12.0 Å². The van der Waals surface area contributed by atoms with Crippen LogP contribution in [0, 0.1) is 5.92 Å². The predicted octanol–water partition coefficient (Wildman–Crippen LogP) is 2.45. The number of hydrogen-bond donors (Lipinski definition) is 1. The van der Waals surface area contributed by atoms with Crippen molar-refractivity contribution in [3.8, 4) is 0 Å². The molecule has 1 aliphatic rings. The normalized spacial score (nSPS) is 25.0. The van der Waals surface area contributed by atoms with E-state index < -0.39 is 0 Å². The first kappa shape index (κ1) is 13.0. The standard InChI is InChI=1S/C13H21NO2S/c1-15-8-6-14-10-11-4-2-7-16-13(11)12-5-3-9-17-12/h3,5,9,11,13-14H,2,4,6-8,10H2,1H3. The molecule has 0 radical (unpaired) electrons. The van der Waals surface area contributed by atoms with Crippen LogP contribution >= 0.6 is 11.3 Å². The van der Waals surface area contributed by atoms with Gasteiger partial charge in [0.15, 0.2) is 0 Å². The fourth-order valence-corrected chi connectivity index (χ4v) is 3.15. The zero-order valence-corrected chi connectivity index (χ0v) is 11.2. The van der Waals surface area contributed by atoms with E-state index in [2.05, 4.69) is 22.8 Å². The molecule has 1 saturated heterocycles. The number of ether oxygens (including phenoxy) is 2. The first-order chi connectivity index (χ1) is 8.42. The average Bonchev–Trinajstić information content (AvgIpc) is 2.89. The maximum Gasteiger partial charge on any atom is 0.0956 e. The monoisotopic (exact) mass is 255 g/mol. The Morgan fingerprint density at radius 1 is 1.59 bits per heavy atom. The quantitative estimate of drug-likeness (QED) is 0.792. The topological polar surface area (TPSA) is 30.5 Å². The summed E-state index contributed by atoms with van der Waals surface area (Å²) in [5.74, 6) is 0.597. The number of rotatable bonds is 6. The van der Waals surface area contributed by atoms with E-state index in [0.717, 1.165) is 26.3 Å². The Morgan fingerprint density at radius 2 is 2.53 bits per heavy atom. The predicted molar refractivity (Wildman–Crippen MR) is 70.5 cm³/mol. The van der Waals surface area contributed by atoms with Crippen molar-refractivity contribution < 1.29 is 9.47 Å². The van der Waals surface area contributed by atoms with Crippen molar-refractivity contribution in [3.05, 3.63) is 22.4 Å². The van der Waals surface area contributed by atoms with Crippen LogP contribution in [-0.4, -0.2) is 33.4 Å². The number of hydrogen-bond acceptors (Lipinski definition) is 4. The molecular formula is C13H21NO2S. The fourth-order valence-electron chi connectivity index (χ4n) is 2.28. The molecule has 0 amide bonds. The summed E-state index contributed by atoms with van der Waals surface area (Å²) in [4.78, 5) is 1.36. The molecule has 1 aromatic rings. The highest BCUT2D eigenvalue weighted by atomic mass is 32.1. The van der Waals surface area contributed by atoms with Gasteiger partial charge in [-0.15, -0.1) is 11.3 Å². The second kappa shape index (κ2) is 7.11. The van der Waals surface area contributed by atoms with Gasteiger partial charge in [0, 0.05) is 37.6 Å². The molecule has 0 aliphatic carbocycles. The third-order valence-electron chi connectivity index (χ3n) is 3.16.